The number of hydrogen-bond donors (Lipinski definition) is 1. The van der Waals surface area contributed by atoms with Gasteiger partial charge >= 0.3 is 5.97 Å². The number of nitrogens with one attached hydrogen (secondary N) is 1. The number of carbonyl (C=O) groups is 4. The van der Waals surface area contributed by atoms with Crippen LogP contribution in [0.5, 0.6) is 0 Å². The number of aryl methyl sites for hydroxylation is 1. The Balaban J connectivity index is 1.45. The second kappa shape index (κ2) is 6.77. The van der Waals surface area contributed by atoms with Crippen molar-refractivity contribution < 1.29 is 23.9 Å². The number of Topliss-reactive ketones (excluding diaryl/α,β-unsaturated/α-hetero) is 2. The van der Waals surface area contributed by atoms with Crippen molar-refractivity contribution in [1.29, 1.82) is 0 Å². The van der Waals surface area contributed by atoms with E-state index < -0.39 is 30.8 Å². The quantitative estimate of drug-likeness (QED) is 0.419. The van der Waals surface area contributed by atoms with Crippen molar-refractivity contribution in [3.05, 3.63) is 65.4 Å². The fourth-order valence-electron chi connectivity index (χ4n) is 3.43. The van der Waals surface area contributed by atoms with Crippen LogP contribution in [0, 0.1) is 6.92 Å². The maximum atomic E-state index is 12.6. The molecule has 0 atom stereocenters. The van der Waals surface area contributed by atoms with Crippen LogP contribution in [0.4, 0.5) is 5.69 Å². The Labute approximate surface area is 159 Å². The van der Waals surface area contributed by atoms with Crippen molar-refractivity contribution in [1.82, 2.24) is 4.98 Å². The van der Waals surface area contributed by atoms with E-state index in [1.165, 1.54) is 6.07 Å². The first-order chi connectivity index (χ1) is 13.5. The van der Waals surface area contributed by atoms with E-state index in [4.69, 9.17) is 4.74 Å². The fraction of sp³-hybridized carbons (Fsp3) is 0.143. The minimum absolute atomic E-state index is 0.255. The van der Waals surface area contributed by atoms with Gasteiger partial charge in [0.15, 0.2) is 6.61 Å². The van der Waals surface area contributed by atoms with Crippen LogP contribution in [-0.4, -0.2) is 41.6 Å². The molecule has 0 bridgehead atoms. The molecule has 28 heavy (non-hydrogen) atoms. The molecule has 2 heterocycles. The molecule has 0 aliphatic carbocycles. The zero-order valence-corrected chi connectivity index (χ0v) is 15.0. The van der Waals surface area contributed by atoms with Gasteiger partial charge in [-0.25, -0.2) is 0 Å². The average Bonchev–Trinajstić information content (AvgIpc) is 3.15. The van der Waals surface area contributed by atoms with E-state index in [1.807, 2.05) is 24.3 Å². The standard InChI is InChI=1S/C21H16N2O5/c1-12-19(13-6-2-4-8-15(13)22-12)17(24)11-28-18(25)10-23-16-9-5-3-7-14(16)20(26)21(23)27/h2-9,22H,10-11H2,1H3. The number of anilines is 1. The Bertz CT molecular complexity index is 1140. The monoisotopic (exact) mass is 376 g/mol. The van der Waals surface area contributed by atoms with E-state index in [1.54, 1.807) is 25.1 Å². The van der Waals surface area contributed by atoms with Gasteiger partial charge < -0.3 is 9.72 Å². The number of esters is 1. The molecule has 0 spiro atoms. The molecule has 1 amide bonds. The zero-order chi connectivity index (χ0) is 19.8. The van der Waals surface area contributed by atoms with Gasteiger partial charge in [0.05, 0.1) is 11.3 Å². The number of ketones is 2. The first-order valence-corrected chi connectivity index (χ1v) is 8.68. The number of para-hydroxylation sites is 2. The molecule has 4 rings (SSSR count). The first-order valence-electron chi connectivity index (χ1n) is 8.68. The molecule has 0 fully saturated rings. The Morgan fingerprint density at radius 2 is 1.75 bits per heavy atom. The van der Waals surface area contributed by atoms with Crippen molar-refractivity contribution in [2.45, 2.75) is 6.92 Å². The number of rotatable bonds is 5. The van der Waals surface area contributed by atoms with Gasteiger partial charge in [0.2, 0.25) is 5.78 Å². The lowest BCUT2D eigenvalue weighted by molar-refractivity contribution is -0.141. The molecule has 1 N–H and O–H groups in total. The second-order valence-corrected chi connectivity index (χ2v) is 6.49. The third-order valence-corrected chi connectivity index (χ3v) is 4.70. The van der Waals surface area contributed by atoms with Crippen LogP contribution in [0.1, 0.15) is 26.4 Å². The van der Waals surface area contributed by atoms with Crippen LogP contribution in [0.2, 0.25) is 0 Å². The SMILES string of the molecule is Cc1[nH]c2ccccc2c1C(=O)COC(=O)CN1C(=O)C(=O)c2ccccc21. The third-order valence-electron chi connectivity index (χ3n) is 4.70. The van der Waals surface area contributed by atoms with Crippen LogP contribution in [-0.2, 0) is 14.3 Å². The molecule has 0 saturated carbocycles. The molecular weight excluding hydrogens is 360 g/mol. The Kier molecular flexibility index (Phi) is 4.27. The van der Waals surface area contributed by atoms with E-state index in [0.29, 0.717) is 16.9 Å². The Morgan fingerprint density at radius 1 is 1.04 bits per heavy atom. The highest BCUT2D eigenvalue weighted by Crippen LogP contribution is 2.28. The summed E-state index contributed by atoms with van der Waals surface area (Å²) in [6.07, 6.45) is 0. The Hall–Kier alpha value is -3.74. The molecule has 1 aromatic heterocycles. The number of aromatic nitrogens is 1. The summed E-state index contributed by atoms with van der Waals surface area (Å²) in [6.45, 7) is 0.904. The predicted octanol–water partition coefficient (Wildman–Crippen LogP) is 2.43. The molecule has 1 aliphatic rings. The van der Waals surface area contributed by atoms with Gasteiger partial charge in [-0.2, -0.15) is 0 Å². The first kappa shape index (κ1) is 17.7. The van der Waals surface area contributed by atoms with E-state index in [2.05, 4.69) is 4.98 Å². The summed E-state index contributed by atoms with van der Waals surface area (Å²) in [5.41, 5.74) is 2.61. The van der Waals surface area contributed by atoms with Crippen LogP contribution in [0.15, 0.2) is 48.5 Å². The molecule has 140 valence electrons. The predicted molar refractivity (Wildman–Crippen MR) is 101 cm³/mol. The zero-order valence-electron chi connectivity index (χ0n) is 15.0. The van der Waals surface area contributed by atoms with E-state index in [-0.39, 0.29) is 11.3 Å². The van der Waals surface area contributed by atoms with Crippen molar-refractivity contribution in [2.24, 2.45) is 0 Å². The summed E-state index contributed by atoms with van der Waals surface area (Å²) < 4.78 is 5.08. The summed E-state index contributed by atoms with van der Waals surface area (Å²) in [4.78, 5) is 53.0. The maximum Gasteiger partial charge on any atom is 0.326 e. The highest BCUT2D eigenvalue weighted by Gasteiger charge is 2.36. The number of fused-ring (bicyclic) bond motifs is 2. The van der Waals surface area contributed by atoms with Gasteiger partial charge in [-0.15, -0.1) is 0 Å². The number of amides is 1. The summed E-state index contributed by atoms with van der Waals surface area (Å²) >= 11 is 0. The number of hydrogen-bond acceptors (Lipinski definition) is 5. The summed E-state index contributed by atoms with van der Waals surface area (Å²) in [5, 5.41) is 0.760. The third kappa shape index (κ3) is 2.87. The topological polar surface area (TPSA) is 96.5 Å². The lowest BCUT2D eigenvalue weighted by atomic mass is 10.1. The van der Waals surface area contributed by atoms with Gasteiger partial charge in [0.1, 0.15) is 6.54 Å². The number of benzene rings is 2. The molecule has 3 aromatic rings. The van der Waals surface area contributed by atoms with Crippen molar-refractivity contribution in [3.63, 3.8) is 0 Å². The van der Waals surface area contributed by atoms with Crippen molar-refractivity contribution in [2.75, 3.05) is 18.1 Å². The van der Waals surface area contributed by atoms with Gasteiger partial charge in [-0.05, 0) is 25.1 Å². The van der Waals surface area contributed by atoms with Crippen molar-refractivity contribution >= 4 is 40.0 Å². The minimum atomic E-state index is -0.781. The lowest BCUT2D eigenvalue weighted by Gasteiger charge is -2.15. The number of ether oxygens (including phenoxy) is 1. The molecule has 0 radical (unpaired) electrons. The van der Waals surface area contributed by atoms with Gasteiger partial charge in [-0.1, -0.05) is 30.3 Å². The van der Waals surface area contributed by atoms with Crippen LogP contribution in [0.3, 0.4) is 0 Å². The number of H-pyrrole nitrogens is 1. The highest BCUT2D eigenvalue weighted by molar-refractivity contribution is 6.52. The molecule has 1 aliphatic heterocycles. The maximum absolute atomic E-state index is 12.6. The largest absolute Gasteiger partial charge is 0.456 e. The summed E-state index contributed by atoms with van der Waals surface area (Å²) in [6, 6.07) is 13.8. The number of nitrogens with zero attached hydrogens (tertiary/aromatic N) is 1. The molecule has 2 aromatic carbocycles. The number of carbonyl (C=O) groups excluding carboxylic acids is 4. The van der Waals surface area contributed by atoms with E-state index >= 15 is 0 Å². The summed E-state index contributed by atoms with van der Waals surface area (Å²) in [7, 11) is 0. The Morgan fingerprint density at radius 3 is 2.57 bits per heavy atom. The minimum Gasteiger partial charge on any atom is -0.456 e. The molecule has 0 saturated heterocycles. The van der Waals surface area contributed by atoms with Crippen LogP contribution < -0.4 is 4.90 Å². The van der Waals surface area contributed by atoms with Gasteiger partial charge in [-0.3, -0.25) is 24.1 Å². The highest BCUT2D eigenvalue weighted by atomic mass is 16.5. The molecular formula is C21H16N2O5. The lowest BCUT2D eigenvalue weighted by Crippen LogP contribution is -2.36. The summed E-state index contributed by atoms with van der Waals surface area (Å²) in [5.74, 6) is -2.54. The molecule has 0 unspecified atom stereocenters. The van der Waals surface area contributed by atoms with Crippen LogP contribution in [0.25, 0.3) is 10.9 Å². The van der Waals surface area contributed by atoms with Gasteiger partial charge in [0.25, 0.3) is 11.7 Å². The normalized spacial score (nSPS) is 13.1. The smallest absolute Gasteiger partial charge is 0.326 e. The average molecular weight is 376 g/mol. The molecule has 7 nitrogen and oxygen atoms in total. The van der Waals surface area contributed by atoms with Gasteiger partial charge in [0, 0.05) is 22.2 Å². The second-order valence-electron chi connectivity index (χ2n) is 6.49. The van der Waals surface area contributed by atoms with E-state index in [0.717, 1.165) is 15.8 Å². The molecule has 7 heteroatoms. The van der Waals surface area contributed by atoms with Crippen LogP contribution >= 0.6 is 0 Å². The van der Waals surface area contributed by atoms with E-state index in [9.17, 15) is 19.2 Å². The van der Waals surface area contributed by atoms with Crippen molar-refractivity contribution in [3.8, 4) is 0 Å². The number of aromatic amines is 1. The fourth-order valence-corrected chi connectivity index (χ4v) is 3.43.